The number of ether oxygens (including phenoxy) is 2. The zero-order valence-electron chi connectivity index (χ0n) is 21.5. The van der Waals surface area contributed by atoms with Crippen molar-refractivity contribution in [2.45, 2.75) is 62.0 Å². The Bertz CT molecular complexity index is 1500. The third-order valence-corrected chi connectivity index (χ3v) is 10.9. The Morgan fingerprint density at radius 3 is 2.16 bits per heavy atom. The molecule has 10 heteroatoms. The third kappa shape index (κ3) is 5.44. The molecule has 202 valence electrons. The highest BCUT2D eigenvalue weighted by Gasteiger charge is 2.32. The van der Waals surface area contributed by atoms with Gasteiger partial charge in [-0.1, -0.05) is 42.3 Å². The summed E-state index contributed by atoms with van der Waals surface area (Å²) in [4.78, 5) is 0.141. The SMILES string of the molecule is Cc1ccc(CN(Cc2ccc3c(c2)OCO3)S(=O)(=O)c2ccc(S(=O)(=O)N3CCCCC3C)cc2)cc1. The molecule has 0 radical (unpaired) electrons. The van der Waals surface area contributed by atoms with Crippen molar-refractivity contribution in [2.75, 3.05) is 13.3 Å². The fourth-order valence-corrected chi connectivity index (χ4v) is 7.98. The molecule has 0 spiro atoms. The quantitative estimate of drug-likeness (QED) is 0.400. The van der Waals surface area contributed by atoms with Gasteiger partial charge in [0.15, 0.2) is 11.5 Å². The van der Waals surface area contributed by atoms with E-state index in [0.29, 0.717) is 18.0 Å². The number of rotatable bonds is 8. The third-order valence-electron chi connectivity index (χ3n) is 7.09. The molecule has 8 nitrogen and oxygen atoms in total. The molecular formula is C28H32N2O6S2. The molecule has 0 bridgehead atoms. The summed E-state index contributed by atoms with van der Waals surface area (Å²) < 4.78 is 68.0. The van der Waals surface area contributed by atoms with Crippen LogP contribution >= 0.6 is 0 Å². The van der Waals surface area contributed by atoms with Crippen LogP contribution in [-0.2, 0) is 33.1 Å². The van der Waals surface area contributed by atoms with E-state index in [1.165, 1.54) is 32.9 Å². The van der Waals surface area contributed by atoms with Gasteiger partial charge >= 0.3 is 0 Å². The molecule has 1 fully saturated rings. The van der Waals surface area contributed by atoms with Crippen molar-refractivity contribution in [3.05, 3.63) is 83.4 Å². The van der Waals surface area contributed by atoms with Crippen LogP contribution in [0.4, 0.5) is 0 Å². The van der Waals surface area contributed by atoms with Gasteiger partial charge < -0.3 is 9.47 Å². The van der Waals surface area contributed by atoms with E-state index in [1.54, 1.807) is 12.1 Å². The van der Waals surface area contributed by atoms with Crippen LogP contribution in [0.1, 0.15) is 42.9 Å². The number of sulfonamides is 2. The summed E-state index contributed by atoms with van der Waals surface area (Å²) in [5, 5.41) is 0. The minimum absolute atomic E-state index is 0.0380. The Labute approximate surface area is 224 Å². The van der Waals surface area contributed by atoms with Gasteiger partial charge in [0.05, 0.1) is 9.79 Å². The van der Waals surface area contributed by atoms with Crippen LogP contribution in [0.25, 0.3) is 0 Å². The Kier molecular flexibility index (Phi) is 7.50. The van der Waals surface area contributed by atoms with Crippen LogP contribution in [0.15, 0.2) is 76.5 Å². The molecule has 0 saturated carbocycles. The van der Waals surface area contributed by atoms with Gasteiger partial charge in [-0.25, -0.2) is 16.8 Å². The maximum Gasteiger partial charge on any atom is 0.243 e. The molecule has 0 amide bonds. The Morgan fingerprint density at radius 1 is 0.816 bits per heavy atom. The molecule has 5 rings (SSSR count). The average Bonchev–Trinajstić information content (AvgIpc) is 3.38. The lowest BCUT2D eigenvalue weighted by Crippen LogP contribution is -2.41. The van der Waals surface area contributed by atoms with Crippen molar-refractivity contribution in [3.8, 4) is 11.5 Å². The summed E-state index contributed by atoms with van der Waals surface area (Å²) in [6, 6.07) is 18.6. The first kappa shape index (κ1) is 26.7. The topological polar surface area (TPSA) is 93.2 Å². The summed E-state index contributed by atoms with van der Waals surface area (Å²) in [7, 11) is -7.67. The number of nitrogens with zero attached hydrogens (tertiary/aromatic N) is 2. The number of fused-ring (bicyclic) bond motifs is 1. The smallest absolute Gasteiger partial charge is 0.243 e. The fourth-order valence-electron chi connectivity index (χ4n) is 4.86. The fraction of sp³-hybridized carbons (Fsp3) is 0.357. The van der Waals surface area contributed by atoms with Gasteiger partial charge in [0.2, 0.25) is 26.8 Å². The maximum absolute atomic E-state index is 13.9. The minimum Gasteiger partial charge on any atom is -0.454 e. The second-order valence-corrected chi connectivity index (χ2v) is 13.7. The maximum atomic E-state index is 13.9. The lowest BCUT2D eigenvalue weighted by atomic mass is 10.1. The molecular weight excluding hydrogens is 524 g/mol. The second kappa shape index (κ2) is 10.7. The molecule has 3 aromatic carbocycles. The second-order valence-electron chi connectivity index (χ2n) is 9.88. The lowest BCUT2D eigenvalue weighted by Gasteiger charge is -2.32. The van der Waals surface area contributed by atoms with E-state index in [0.717, 1.165) is 36.0 Å². The highest BCUT2D eigenvalue weighted by Crippen LogP contribution is 2.34. The molecule has 38 heavy (non-hydrogen) atoms. The molecule has 2 aliphatic rings. The highest BCUT2D eigenvalue weighted by atomic mass is 32.2. The minimum atomic E-state index is -3.97. The first-order valence-corrected chi connectivity index (χ1v) is 15.6. The van der Waals surface area contributed by atoms with Crippen LogP contribution in [-0.4, -0.2) is 44.8 Å². The normalized spacial score (nSPS) is 18.1. The number of hydrogen-bond donors (Lipinski definition) is 0. The van der Waals surface area contributed by atoms with Gasteiger partial charge in [0.25, 0.3) is 0 Å². The standard InChI is InChI=1S/C28H32N2O6S2/c1-21-6-8-23(9-7-21)18-29(19-24-10-15-27-28(17-24)36-20-35-27)37(31,32)25-11-13-26(14-12-25)38(33,34)30-16-4-3-5-22(30)2/h6-15,17,22H,3-5,16,18-20H2,1-2H3. The number of piperidine rings is 1. The monoisotopic (exact) mass is 556 g/mol. The van der Waals surface area contributed by atoms with E-state index in [2.05, 4.69) is 0 Å². The van der Waals surface area contributed by atoms with E-state index in [1.807, 2.05) is 44.2 Å². The summed E-state index contributed by atoms with van der Waals surface area (Å²) in [5.41, 5.74) is 2.68. The summed E-state index contributed by atoms with van der Waals surface area (Å²) in [6.45, 7) is 4.76. The Hall–Kier alpha value is -2.92. The summed E-state index contributed by atoms with van der Waals surface area (Å²) in [6.07, 6.45) is 2.65. The van der Waals surface area contributed by atoms with Crippen molar-refractivity contribution >= 4 is 20.0 Å². The van der Waals surface area contributed by atoms with Crippen LogP contribution in [0.5, 0.6) is 11.5 Å². The van der Waals surface area contributed by atoms with E-state index in [-0.39, 0.29) is 35.7 Å². The molecule has 0 aromatic heterocycles. The molecule has 1 saturated heterocycles. The zero-order chi connectivity index (χ0) is 26.9. The molecule has 1 atom stereocenters. The van der Waals surface area contributed by atoms with Crippen molar-refractivity contribution in [2.24, 2.45) is 0 Å². The lowest BCUT2D eigenvalue weighted by molar-refractivity contribution is 0.174. The molecule has 0 aliphatic carbocycles. The average molecular weight is 557 g/mol. The zero-order valence-corrected chi connectivity index (χ0v) is 23.2. The summed E-state index contributed by atoms with van der Waals surface area (Å²) >= 11 is 0. The van der Waals surface area contributed by atoms with Gasteiger partial charge in [-0.15, -0.1) is 0 Å². The van der Waals surface area contributed by atoms with Gasteiger partial charge in [0, 0.05) is 25.7 Å². The highest BCUT2D eigenvalue weighted by molar-refractivity contribution is 7.89. The van der Waals surface area contributed by atoms with E-state index < -0.39 is 20.0 Å². The molecule has 1 unspecified atom stereocenters. The Morgan fingerprint density at radius 2 is 1.45 bits per heavy atom. The van der Waals surface area contributed by atoms with E-state index in [4.69, 9.17) is 9.47 Å². The van der Waals surface area contributed by atoms with Crippen LogP contribution in [0, 0.1) is 6.92 Å². The van der Waals surface area contributed by atoms with Crippen molar-refractivity contribution in [1.29, 1.82) is 0 Å². The van der Waals surface area contributed by atoms with E-state index in [9.17, 15) is 16.8 Å². The first-order chi connectivity index (χ1) is 18.1. The van der Waals surface area contributed by atoms with Gasteiger partial charge in [-0.05, 0) is 74.2 Å². The van der Waals surface area contributed by atoms with Crippen LogP contribution in [0.3, 0.4) is 0 Å². The molecule has 0 N–H and O–H groups in total. The van der Waals surface area contributed by atoms with Crippen LogP contribution in [0.2, 0.25) is 0 Å². The molecule has 2 aliphatic heterocycles. The molecule has 3 aromatic rings. The summed E-state index contributed by atoms with van der Waals surface area (Å²) in [5.74, 6) is 1.21. The number of aryl methyl sites for hydroxylation is 1. The van der Waals surface area contributed by atoms with Gasteiger partial charge in [-0.2, -0.15) is 8.61 Å². The first-order valence-electron chi connectivity index (χ1n) is 12.7. The van der Waals surface area contributed by atoms with Crippen molar-refractivity contribution in [3.63, 3.8) is 0 Å². The van der Waals surface area contributed by atoms with Crippen molar-refractivity contribution in [1.82, 2.24) is 8.61 Å². The number of benzene rings is 3. The Balaban J connectivity index is 1.44. The van der Waals surface area contributed by atoms with Crippen LogP contribution < -0.4 is 9.47 Å². The van der Waals surface area contributed by atoms with Crippen molar-refractivity contribution < 1.29 is 26.3 Å². The molecule has 2 heterocycles. The van der Waals surface area contributed by atoms with Gasteiger partial charge in [0.1, 0.15) is 0 Å². The van der Waals surface area contributed by atoms with E-state index >= 15 is 0 Å². The number of hydrogen-bond acceptors (Lipinski definition) is 6. The predicted molar refractivity (Wildman–Crippen MR) is 144 cm³/mol. The van der Waals surface area contributed by atoms with Gasteiger partial charge in [-0.3, -0.25) is 0 Å². The predicted octanol–water partition coefficient (Wildman–Crippen LogP) is 4.68. The largest absolute Gasteiger partial charge is 0.454 e.